The standard InChI is InChI=1S/C20H25N5O5/c1-20(2,3)30-19(26)23-13-6-5-12-9-14(11-21-15(12)10-13)22-18-16(25(27)28)7-8-17(24-18)29-4/h7-9,11,13H,5-6,10H2,1-4H3,(H,22,24)(H,23,26). The molecule has 160 valence electrons. The fourth-order valence-electron chi connectivity index (χ4n) is 3.19. The molecule has 0 saturated carbocycles. The van der Waals surface area contributed by atoms with Gasteiger partial charge in [0.2, 0.25) is 11.7 Å². The van der Waals surface area contributed by atoms with Crippen molar-refractivity contribution in [1.29, 1.82) is 0 Å². The summed E-state index contributed by atoms with van der Waals surface area (Å²) in [6.07, 6.45) is 3.21. The number of nitro groups is 1. The number of anilines is 2. The second-order valence-corrected chi connectivity index (χ2v) is 8.02. The highest BCUT2D eigenvalue weighted by Gasteiger charge is 2.25. The Morgan fingerprint density at radius 1 is 1.33 bits per heavy atom. The van der Waals surface area contributed by atoms with E-state index in [2.05, 4.69) is 20.6 Å². The van der Waals surface area contributed by atoms with Crippen molar-refractivity contribution in [3.05, 3.63) is 45.8 Å². The minimum absolute atomic E-state index is 0.0557. The van der Waals surface area contributed by atoms with Gasteiger partial charge in [-0.1, -0.05) is 0 Å². The van der Waals surface area contributed by atoms with Crippen molar-refractivity contribution in [2.45, 2.75) is 51.7 Å². The van der Waals surface area contributed by atoms with Crippen LogP contribution in [0.25, 0.3) is 0 Å². The zero-order valence-electron chi connectivity index (χ0n) is 17.4. The van der Waals surface area contributed by atoms with Crippen molar-refractivity contribution in [1.82, 2.24) is 15.3 Å². The van der Waals surface area contributed by atoms with Gasteiger partial charge in [0.1, 0.15) is 5.60 Å². The number of hydrogen-bond donors (Lipinski definition) is 2. The fraction of sp³-hybridized carbons (Fsp3) is 0.450. The van der Waals surface area contributed by atoms with Gasteiger partial charge in [-0.25, -0.2) is 4.79 Å². The van der Waals surface area contributed by atoms with E-state index in [-0.39, 0.29) is 23.4 Å². The molecule has 0 spiro atoms. The van der Waals surface area contributed by atoms with Crippen molar-refractivity contribution >= 4 is 23.3 Å². The number of fused-ring (bicyclic) bond motifs is 1. The average molecular weight is 415 g/mol. The van der Waals surface area contributed by atoms with E-state index in [9.17, 15) is 14.9 Å². The number of aromatic nitrogens is 2. The number of pyridine rings is 2. The third-order valence-electron chi connectivity index (χ3n) is 4.50. The Morgan fingerprint density at radius 2 is 2.10 bits per heavy atom. The summed E-state index contributed by atoms with van der Waals surface area (Å²) < 4.78 is 10.4. The Balaban J connectivity index is 1.71. The normalized spacial score (nSPS) is 15.7. The van der Waals surface area contributed by atoms with Crippen LogP contribution < -0.4 is 15.4 Å². The lowest BCUT2D eigenvalue weighted by molar-refractivity contribution is -0.384. The topological polar surface area (TPSA) is 129 Å². The van der Waals surface area contributed by atoms with E-state index in [1.165, 1.54) is 19.2 Å². The maximum Gasteiger partial charge on any atom is 0.407 e. The van der Waals surface area contributed by atoms with Crippen LogP contribution in [0.15, 0.2) is 24.4 Å². The Kier molecular flexibility index (Phi) is 6.04. The minimum atomic E-state index is -0.549. The van der Waals surface area contributed by atoms with E-state index in [1.54, 1.807) is 6.20 Å². The molecule has 1 atom stereocenters. The number of methoxy groups -OCH3 is 1. The number of rotatable bonds is 5. The number of carbonyl (C=O) groups is 1. The molecule has 3 rings (SSSR count). The number of alkyl carbamates (subject to hydrolysis) is 1. The van der Waals surface area contributed by atoms with Crippen molar-refractivity contribution in [3.8, 4) is 5.88 Å². The molecule has 2 N–H and O–H groups in total. The molecular weight excluding hydrogens is 390 g/mol. The lowest BCUT2D eigenvalue weighted by Crippen LogP contribution is -2.42. The molecule has 1 amide bonds. The van der Waals surface area contributed by atoms with Gasteiger partial charge in [-0.15, -0.1) is 0 Å². The highest BCUT2D eigenvalue weighted by Crippen LogP contribution is 2.29. The van der Waals surface area contributed by atoms with Gasteiger partial charge in [-0.2, -0.15) is 4.98 Å². The number of nitrogens with one attached hydrogen (secondary N) is 2. The molecule has 0 aliphatic heterocycles. The first kappa shape index (κ1) is 21.3. The number of ether oxygens (including phenoxy) is 2. The van der Waals surface area contributed by atoms with E-state index in [0.29, 0.717) is 18.5 Å². The van der Waals surface area contributed by atoms with Gasteiger partial charge in [-0.3, -0.25) is 15.1 Å². The number of hydrogen-bond acceptors (Lipinski definition) is 8. The van der Waals surface area contributed by atoms with Crippen LogP contribution in [0.4, 0.5) is 22.0 Å². The number of carbonyl (C=O) groups excluding carboxylic acids is 1. The molecule has 10 heteroatoms. The summed E-state index contributed by atoms with van der Waals surface area (Å²) >= 11 is 0. The average Bonchev–Trinajstić information content (AvgIpc) is 2.66. The van der Waals surface area contributed by atoms with E-state index in [1.807, 2.05) is 26.8 Å². The summed E-state index contributed by atoms with van der Waals surface area (Å²) in [4.78, 5) is 31.4. The molecule has 2 heterocycles. The second kappa shape index (κ2) is 8.52. The van der Waals surface area contributed by atoms with E-state index >= 15 is 0 Å². The predicted molar refractivity (Wildman–Crippen MR) is 110 cm³/mol. The van der Waals surface area contributed by atoms with Crippen LogP contribution in [0.2, 0.25) is 0 Å². The Hall–Kier alpha value is -3.43. The molecule has 1 aliphatic carbocycles. The lowest BCUT2D eigenvalue weighted by Gasteiger charge is -2.27. The van der Waals surface area contributed by atoms with Crippen molar-refractivity contribution in [2.75, 3.05) is 12.4 Å². The molecule has 10 nitrogen and oxygen atoms in total. The zero-order valence-corrected chi connectivity index (χ0v) is 17.4. The molecule has 0 radical (unpaired) electrons. The van der Waals surface area contributed by atoms with Crippen LogP contribution in [-0.4, -0.2) is 39.7 Å². The molecule has 0 fully saturated rings. The molecule has 2 aromatic rings. The van der Waals surface area contributed by atoms with Gasteiger partial charge in [0, 0.05) is 30.3 Å². The number of nitrogens with zero attached hydrogens (tertiary/aromatic N) is 3. The van der Waals surface area contributed by atoms with Gasteiger partial charge < -0.3 is 20.1 Å². The van der Waals surface area contributed by atoms with Crippen LogP contribution in [0.3, 0.4) is 0 Å². The van der Waals surface area contributed by atoms with Gasteiger partial charge in [0.15, 0.2) is 0 Å². The van der Waals surface area contributed by atoms with Crippen LogP contribution in [0.1, 0.15) is 38.4 Å². The smallest absolute Gasteiger partial charge is 0.407 e. The Labute approximate surface area is 174 Å². The largest absolute Gasteiger partial charge is 0.481 e. The summed E-state index contributed by atoms with van der Waals surface area (Å²) in [5.41, 5.74) is 1.78. The van der Waals surface area contributed by atoms with E-state index < -0.39 is 16.6 Å². The molecule has 0 aromatic carbocycles. The van der Waals surface area contributed by atoms with Crippen LogP contribution in [0.5, 0.6) is 5.88 Å². The summed E-state index contributed by atoms with van der Waals surface area (Å²) in [5, 5.41) is 17.1. The quantitative estimate of drug-likeness (QED) is 0.561. The molecule has 2 aromatic heterocycles. The summed E-state index contributed by atoms with van der Waals surface area (Å²) in [7, 11) is 1.44. The minimum Gasteiger partial charge on any atom is -0.481 e. The fourth-order valence-corrected chi connectivity index (χ4v) is 3.19. The van der Waals surface area contributed by atoms with Gasteiger partial charge in [0.05, 0.1) is 23.9 Å². The predicted octanol–water partition coefficient (Wildman–Crippen LogP) is 3.52. The number of aryl methyl sites for hydroxylation is 1. The molecule has 0 saturated heterocycles. The Morgan fingerprint density at radius 3 is 2.77 bits per heavy atom. The first-order valence-electron chi connectivity index (χ1n) is 9.58. The van der Waals surface area contributed by atoms with Crippen LogP contribution in [-0.2, 0) is 17.6 Å². The number of amides is 1. The van der Waals surface area contributed by atoms with Crippen LogP contribution >= 0.6 is 0 Å². The van der Waals surface area contributed by atoms with Crippen LogP contribution in [0, 0.1) is 10.1 Å². The summed E-state index contributed by atoms with van der Waals surface area (Å²) in [5.74, 6) is 0.353. The summed E-state index contributed by atoms with van der Waals surface area (Å²) in [6.45, 7) is 5.46. The first-order valence-corrected chi connectivity index (χ1v) is 9.58. The van der Waals surface area contributed by atoms with Crippen molar-refractivity contribution in [2.24, 2.45) is 0 Å². The van der Waals surface area contributed by atoms with E-state index in [4.69, 9.17) is 9.47 Å². The lowest BCUT2D eigenvalue weighted by atomic mass is 9.92. The molecule has 30 heavy (non-hydrogen) atoms. The Bertz CT molecular complexity index is 957. The maximum atomic E-state index is 12.0. The molecule has 1 unspecified atom stereocenters. The maximum absolute atomic E-state index is 12.0. The van der Waals surface area contributed by atoms with Gasteiger partial charge >= 0.3 is 11.8 Å². The second-order valence-electron chi connectivity index (χ2n) is 8.02. The van der Waals surface area contributed by atoms with Gasteiger partial charge in [-0.05, 0) is 45.2 Å². The van der Waals surface area contributed by atoms with E-state index in [0.717, 1.165) is 17.7 Å². The van der Waals surface area contributed by atoms with Crippen molar-refractivity contribution in [3.63, 3.8) is 0 Å². The highest BCUT2D eigenvalue weighted by molar-refractivity contribution is 5.68. The third-order valence-corrected chi connectivity index (χ3v) is 4.50. The molecular formula is C20H25N5O5. The molecule has 0 bridgehead atoms. The zero-order chi connectivity index (χ0) is 21.9. The summed E-state index contributed by atoms with van der Waals surface area (Å²) in [6, 6.07) is 4.62. The third kappa shape index (κ3) is 5.34. The van der Waals surface area contributed by atoms with Gasteiger partial charge in [0.25, 0.3) is 0 Å². The van der Waals surface area contributed by atoms with Crippen molar-refractivity contribution < 1.29 is 19.2 Å². The highest BCUT2D eigenvalue weighted by atomic mass is 16.6. The SMILES string of the molecule is COc1ccc([N+](=O)[O-])c(Nc2cnc3c(c2)CCC(NC(=O)OC(C)(C)C)C3)n1. The monoisotopic (exact) mass is 415 g/mol. The molecule has 1 aliphatic rings. The first-order chi connectivity index (χ1) is 14.1.